The number of aromatic carboxylic acids is 1. The molecule has 1 fully saturated rings. The predicted octanol–water partition coefficient (Wildman–Crippen LogP) is 3.32. The van der Waals surface area contributed by atoms with Crippen LogP contribution in [0.2, 0.25) is 0 Å². The van der Waals surface area contributed by atoms with Crippen LogP contribution >= 0.6 is 0 Å². The molecule has 0 aromatic heterocycles. The minimum atomic E-state index is -0.834. The first-order valence-electron chi connectivity index (χ1n) is 6.59. The zero-order chi connectivity index (χ0) is 13.3. The highest BCUT2D eigenvalue weighted by Gasteiger charge is 2.26. The molecule has 1 aromatic carbocycles. The third-order valence-electron chi connectivity index (χ3n) is 3.81. The first-order chi connectivity index (χ1) is 8.49. The van der Waals surface area contributed by atoms with E-state index in [1.807, 2.05) is 19.1 Å². The van der Waals surface area contributed by atoms with Crippen LogP contribution in [0.3, 0.4) is 0 Å². The molecule has 1 aromatic rings. The van der Waals surface area contributed by atoms with Crippen molar-refractivity contribution in [1.82, 2.24) is 0 Å². The van der Waals surface area contributed by atoms with E-state index in [2.05, 4.69) is 18.7 Å². The number of carboxylic acids is 1. The summed E-state index contributed by atoms with van der Waals surface area (Å²) in [5, 5.41) is 9.35. The maximum Gasteiger partial charge on any atom is 0.337 e. The van der Waals surface area contributed by atoms with Crippen molar-refractivity contribution >= 4 is 11.7 Å². The highest BCUT2D eigenvalue weighted by molar-refractivity contribution is 5.94. The normalized spacial score (nSPS) is 24.1. The van der Waals surface area contributed by atoms with E-state index in [-0.39, 0.29) is 0 Å². The molecule has 0 radical (unpaired) electrons. The van der Waals surface area contributed by atoms with E-state index < -0.39 is 5.97 Å². The maximum atomic E-state index is 11.4. The summed E-state index contributed by atoms with van der Waals surface area (Å²) < 4.78 is 0. The van der Waals surface area contributed by atoms with Crippen molar-refractivity contribution < 1.29 is 9.90 Å². The van der Waals surface area contributed by atoms with Crippen LogP contribution in [0.4, 0.5) is 5.69 Å². The fraction of sp³-hybridized carbons (Fsp3) is 0.533. The second-order valence-electron chi connectivity index (χ2n) is 5.51. The summed E-state index contributed by atoms with van der Waals surface area (Å²) in [5.74, 6) is -0.205. The Balaban J connectivity index is 2.40. The van der Waals surface area contributed by atoms with Gasteiger partial charge in [0.2, 0.25) is 0 Å². The molecule has 1 heterocycles. The molecule has 0 spiro atoms. The van der Waals surface area contributed by atoms with Gasteiger partial charge in [0.1, 0.15) is 0 Å². The summed E-state index contributed by atoms with van der Waals surface area (Å²) in [6, 6.07) is 6.13. The van der Waals surface area contributed by atoms with Gasteiger partial charge in [-0.05, 0) is 44.7 Å². The first kappa shape index (κ1) is 12.9. The lowest BCUT2D eigenvalue weighted by Crippen LogP contribution is -2.41. The molecular formula is C15H21NO2. The predicted molar refractivity (Wildman–Crippen MR) is 73.3 cm³/mol. The molecule has 0 bridgehead atoms. The van der Waals surface area contributed by atoms with Crippen LogP contribution in [0.15, 0.2) is 18.2 Å². The van der Waals surface area contributed by atoms with Gasteiger partial charge in [0.05, 0.1) is 11.3 Å². The Morgan fingerprint density at radius 2 is 2.06 bits per heavy atom. The van der Waals surface area contributed by atoms with E-state index >= 15 is 0 Å². The van der Waals surface area contributed by atoms with Gasteiger partial charge in [0.25, 0.3) is 0 Å². The SMILES string of the molecule is Cc1ccc(N2CC(C)CCC2C)c(C(=O)O)c1. The molecular weight excluding hydrogens is 226 g/mol. The van der Waals surface area contributed by atoms with Crippen molar-refractivity contribution in [2.45, 2.75) is 39.7 Å². The van der Waals surface area contributed by atoms with E-state index in [9.17, 15) is 9.90 Å². The summed E-state index contributed by atoms with van der Waals surface area (Å²) >= 11 is 0. The van der Waals surface area contributed by atoms with Crippen LogP contribution in [-0.2, 0) is 0 Å². The molecule has 0 aliphatic carbocycles. The van der Waals surface area contributed by atoms with Crippen LogP contribution in [-0.4, -0.2) is 23.7 Å². The van der Waals surface area contributed by atoms with Crippen LogP contribution in [0.5, 0.6) is 0 Å². The van der Waals surface area contributed by atoms with E-state index in [4.69, 9.17) is 0 Å². The van der Waals surface area contributed by atoms with Gasteiger partial charge in [-0.3, -0.25) is 0 Å². The van der Waals surface area contributed by atoms with Gasteiger partial charge in [-0.1, -0.05) is 18.6 Å². The molecule has 1 N–H and O–H groups in total. The molecule has 2 atom stereocenters. The third-order valence-corrected chi connectivity index (χ3v) is 3.81. The van der Waals surface area contributed by atoms with Crippen molar-refractivity contribution in [3.8, 4) is 0 Å². The number of piperidine rings is 1. The molecule has 1 saturated heterocycles. The van der Waals surface area contributed by atoms with Gasteiger partial charge < -0.3 is 10.0 Å². The highest BCUT2D eigenvalue weighted by atomic mass is 16.4. The fourth-order valence-corrected chi connectivity index (χ4v) is 2.70. The highest BCUT2D eigenvalue weighted by Crippen LogP contribution is 2.30. The largest absolute Gasteiger partial charge is 0.478 e. The summed E-state index contributed by atoms with van der Waals surface area (Å²) in [4.78, 5) is 13.6. The Bertz CT molecular complexity index is 456. The number of carboxylic acid groups (broad SMARTS) is 1. The Morgan fingerprint density at radius 1 is 1.33 bits per heavy atom. The summed E-state index contributed by atoms with van der Waals surface area (Å²) in [5.41, 5.74) is 2.29. The smallest absolute Gasteiger partial charge is 0.337 e. The first-order valence-corrected chi connectivity index (χ1v) is 6.59. The average Bonchev–Trinajstić information content (AvgIpc) is 2.32. The van der Waals surface area contributed by atoms with Gasteiger partial charge in [-0.2, -0.15) is 0 Å². The summed E-state index contributed by atoms with van der Waals surface area (Å²) in [7, 11) is 0. The van der Waals surface area contributed by atoms with Crippen LogP contribution in [0.1, 0.15) is 42.6 Å². The molecule has 98 valence electrons. The molecule has 2 unspecified atom stereocenters. The molecule has 18 heavy (non-hydrogen) atoms. The molecule has 1 aliphatic rings. The van der Waals surface area contributed by atoms with E-state index in [1.54, 1.807) is 6.07 Å². The average molecular weight is 247 g/mol. The van der Waals surface area contributed by atoms with Crippen LogP contribution in [0, 0.1) is 12.8 Å². The van der Waals surface area contributed by atoms with E-state index in [0.717, 1.165) is 24.2 Å². The number of hydrogen-bond donors (Lipinski definition) is 1. The van der Waals surface area contributed by atoms with Gasteiger partial charge >= 0.3 is 5.97 Å². The van der Waals surface area contributed by atoms with Gasteiger partial charge in [-0.15, -0.1) is 0 Å². The fourth-order valence-electron chi connectivity index (χ4n) is 2.70. The minimum Gasteiger partial charge on any atom is -0.478 e. The number of hydrogen-bond acceptors (Lipinski definition) is 2. The number of anilines is 1. The second kappa shape index (κ2) is 5.01. The Hall–Kier alpha value is -1.51. The van der Waals surface area contributed by atoms with Crippen molar-refractivity contribution in [1.29, 1.82) is 0 Å². The summed E-state index contributed by atoms with van der Waals surface area (Å²) in [6.07, 6.45) is 2.36. The second-order valence-corrected chi connectivity index (χ2v) is 5.51. The summed E-state index contributed by atoms with van der Waals surface area (Å²) in [6.45, 7) is 7.29. The zero-order valence-corrected chi connectivity index (χ0v) is 11.3. The Morgan fingerprint density at radius 3 is 2.72 bits per heavy atom. The zero-order valence-electron chi connectivity index (χ0n) is 11.3. The van der Waals surface area contributed by atoms with Crippen molar-refractivity contribution in [2.75, 3.05) is 11.4 Å². The number of aryl methyl sites for hydroxylation is 1. The lowest BCUT2D eigenvalue weighted by Gasteiger charge is -2.39. The van der Waals surface area contributed by atoms with Gasteiger partial charge in [0.15, 0.2) is 0 Å². The van der Waals surface area contributed by atoms with Crippen LogP contribution in [0.25, 0.3) is 0 Å². The standard InChI is InChI=1S/C15H21NO2/c1-10-5-7-14(13(8-10)15(17)18)16-9-11(2)4-6-12(16)3/h5,7-8,11-12H,4,6,9H2,1-3H3,(H,17,18). The molecule has 3 nitrogen and oxygen atoms in total. The number of carbonyl (C=O) groups is 1. The molecule has 0 saturated carbocycles. The van der Waals surface area contributed by atoms with E-state index in [1.165, 1.54) is 6.42 Å². The third kappa shape index (κ3) is 2.50. The van der Waals surface area contributed by atoms with Gasteiger partial charge in [0, 0.05) is 12.6 Å². The molecule has 3 heteroatoms. The topological polar surface area (TPSA) is 40.5 Å². The molecule has 1 aliphatic heterocycles. The van der Waals surface area contributed by atoms with Crippen molar-refractivity contribution in [3.63, 3.8) is 0 Å². The Kier molecular flexibility index (Phi) is 3.60. The van der Waals surface area contributed by atoms with Crippen molar-refractivity contribution in [2.24, 2.45) is 5.92 Å². The van der Waals surface area contributed by atoms with Gasteiger partial charge in [-0.25, -0.2) is 4.79 Å². The number of nitrogens with zero attached hydrogens (tertiary/aromatic N) is 1. The van der Waals surface area contributed by atoms with E-state index in [0.29, 0.717) is 17.5 Å². The lowest BCUT2D eigenvalue weighted by molar-refractivity contribution is 0.0697. The molecule has 0 amide bonds. The van der Waals surface area contributed by atoms with Crippen LogP contribution < -0.4 is 4.90 Å². The lowest BCUT2D eigenvalue weighted by atomic mass is 9.93. The quantitative estimate of drug-likeness (QED) is 0.871. The number of rotatable bonds is 2. The van der Waals surface area contributed by atoms with Crippen molar-refractivity contribution in [3.05, 3.63) is 29.3 Å². The minimum absolute atomic E-state index is 0.419. The monoisotopic (exact) mass is 247 g/mol. The number of benzene rings is 1. The molecule has 2 rings (SSSR count). The Labute approximate surface area is 108 Å². The maximum absolute atomic E-state index is 11.4.